The first-order valence-electron chi connectivity index (χ1n) is 8.60. The van der Waals surface area contributed by atoms with Gasteiger partial charge in [-0.3, -0.25) is 4.79 Å². The Balaban J connectivity index is 1.47. The maximum Gasteiger partial charge on any atom is 0.220 e. The van der Waals surface area contributed by atoms with Gasteiger partial charge in [0.15, 0.2) is 11.5 Å². The van der Waals surface area contributed by atoms with Crippen molar-refractivity contribution < 1.29 is 14.3 Å². The van der Waals surface area contributed by atoms with Crippen molar-refractivity contribution in [1.29, 1.82) is 0 Å². The third kappa shape index (κ3) is 4.14. The molecule has 0 saturated heterocycles. The molecule has 1 amide bonds. The van der Waals surface area contributed by atoms with E-state index in [1.165, 1.54) is 0 Å². The highest BCUT2D eigenvalue weighted by molar-refractivity contribution is 5.75. The first-order valence-corrected chi connectivity index (χ1v) is 8.60. The van der Waals surface area contributed by atoms with Crippen LogP contribution >= 0.6 is 0 Å². The minimum Gasteiger partial charge on any atom is -0.493 e. The van der Waals surface area contributed by atoms with E-state index in [2.05, 4.69) is 10.3 Å². The minimum absolute atomic E-state index is 0.0261. The molecule has 0 atom stereocenters. The van der Waals surface area contributed by atoms with Crippen LogP contribution in [0.15, 0.2) is 48.8 Å². The lowest BCUT2D eigenvalue weighted by Gasteiger charge is -2.09. The number of amides is 1. The quantitative estimate of drug-likeness (QED) is 0.676. The average Bonchev–Trinajstić information content (AvgIpc) is 3.09. The molecule has 0 fully saturated rings. The molecule has 3 aromatic rings. The lowest BCUT2D eigenvalue weighted by atomic mass is 10.1. The number of pyridine rings is 1. The molecule has 3 rings (SSSR count). The summed E-state index contributed by atoms with van der Waals surface area (Å²) in [7, 11) is 3.24. The Labute approximate surface area is 152 Å². The second kappa shape index (κ2) is 8.38. The van der Waals surface area contributed by atoms with Crippen LogP contribution < -0.4 is 14.8 Å². The normalized spacial score (nSPS) is 10.7. The Morgan fingerprint density at radius 1 is 1.15 bits per heavy atom. The van der Waals surface area contributed by atoms with Gasteiger partial charge in [0, 0.05) is 12.6 Å². The van der Waals surface area contributed by atoms with Crippen LogP contribution in [0, 0.1) is 0 Å². The standard InChI is InChI=1S/C20H23N3O3/c1-25-17-10-9-15(12-18(17)26-2)6-5-8-20(24)22-14-19-21-13-16-7-3-4-11-23(16)19/h3-4,7,9-13H,5-6,8,14H2,1-2H3,(H,22,24). The van der Waals surface area contributed by atoms with Crippen LogP contribution in [-0.2, 0) is 17.8 Å². The number of benzene rings is 1. The number of methoxy groups -OCH3 is 2. The van der Waals surface area contributed by atoms with Crippen LogP contribution in [0.3, 0.4) is 0 Å². The summed E-state index contributed by atoms with van der Waals surface area (Å²) in [6.07, 6.45) is 5.79. The average molecular weight is 353 g/mol. The van der Waals surface area contributed by atoms with E-state index in [1.54, 1.807) is 20.4 Å². The molecule has 2 aromatic heterocycles. The lowest BCUT2D eigenvalue weighted by Crippen LogP contribution is -2.23. The topological polar surface area (TPSA) is 64.9 Å². The number of fused-ring (bicyclic) bond motifs is 1. The summed E-state index contributed by atoms with van der Waals surface area (Å²) in [5.41, 5.74) is 2.14. The van der Waals surface area contributed by atoms with Crippen LogP contribution in [0.1, 0.15) is 24.2 Å². The Morgan fingerprint density at radius 3 is 2.81 bits per heavy atom. The summed E-state index contributed by atoms with van der Waals surface area (Å²) in [6.45, 7) is 0.424. The zero-order chi connectivity index (χ0) is 18.4. The number of nitrogens with zero attached hydrogens (tertiary/aromatic N) is 2. The molecule has 1 N–H and O–H groups in total. The molecule has 0 bridgehead atoms. The summed E-state index contributed by atoms with van der Waals surface area (Å²) < 4.78 is 12.5. The molecule has 0 saturated carbocycles. The molecule has 0 radical (unpaired) electrons. The van der Waals surface area contributed by atoms with Crippen molar-refractivity contribution in [2.75, 3.05) is 14.2 Å². The Bertz CT molecular complexity index is 889. The van der Waals surface area contributed by atoms with Crippen molar-refractivity contribution in [1.82, 2.24) is 14.7 Å². The van der Waals surface area contributed by atoms with E-state index in [9.17, 15) is 4.79 Å². The van der Waals surface area contributed by atoms with Crippen LogP contribution in [0.25, 0.3) is 5.52 Å². The largest absolute Gasteiger partial charge is 0.493 e. The maximum absolute atomic E-state index is 12.1. The number of hydrogen-bond donors (Lipinski definition) is 1. The summed E-state index contributed by atoms with van der Waals surface area (Å²) in [5, 5.41) is 2.94. The number of carbonyl (C=O) groups is 1. The van der Waals surface area contributed by atoms with Gasteiger partial charge in [-0.25, -0.2) is 4.98 Å². The Kier molecular flexibility index (Phi) is 5.73. The zero-order valence-electron chi connectivity index (χ0n) is 15.1. The van der Waals surface area contributed by atoms with Crippen molar-refractivity contribution in [3.63, 3.8) is 0 Å². The number of hydrogen-bond acceptors (Lipinski definition) is 4. The molecule has 0 aliphatic heterocycles. The number of carbonyl (C=O) groups excluding carboxylic acids is 1. The number of ether oxygens (including phenoxy) is 2. The molecule has 1 aromatic carbocycles. The van der Waals surface area contributed by atoms with E-state index in [-0.39, 0.29) is 5.91 Å². The molecule has 0 aliphatic carbocycles. The van der Waals surface area contributed by atoms with Gasteiger partial charge < -0.3 is 19.2 Å². The summed E-state index contributed by atoms with van der Waals surface area (Å²) >= 11 is 0. The molecule has 0 unspecified atom stereocenters. The highest BCUT2D eigenvalue weighted by atomic mass is 16.5. The number of rotatable bonds is 8. The van der Waals surface area contributed by atoms with Gasteiger partial charge in [-0.1, -0.05) is 12.1 Å². The van der Waals surface area contributed by atoms with Crippen molar-refractivity contribution in [2.24, 2.45) is 0 Å². The second-order valence-electron chi connectivity index (χ2n) is 5.99. The molecule has 26 heavy (non-hydrogen) atoms. The van der Waals surface area contributed by atoms with Crippen LogP contribution in [0.5, 0.6) is 11.5 Å². The van der Waals surface area contributed by atoms with Crippen LogP contribution in [0.2, 0.25) is 0 Å². The Morgan fingerprint density at radius 2 is 2.00 bits per heavy atom. The van der Waals surface area contributed by atoms with Gasteiger partial charge in [0.05, 0.1) is 32.5 Å². The number of nitrogens with one attached hydrogen (secondary N) is 1. The number of aromatic nitrogens is 2. The van der Waals surface area contributed by atoms with Gasteiger partial charge in [0.1, 0.15) is 5.82 Å². The van der Waals surface area contributed by atoms with Gasteiger partial charge in [0.25, 0.3) is 0 Å². The molecular formula is C20H23N3O3. The van der Waals surface area contributed by atoms with E-state index in [0.717, 1.165) is 29.7 Å². The van der Waals surface area contributed by atoms with Gasteiger partial charge in [-0.15, -0.1) is 0 Å². The predicted octanol–water partition coefficient (Wildman–Crippen LogP) is 2.99. The zero-order valence-corrected chi connectivity index (χ0v) is 15.1. The number of aryl methyl sites for hydroxylation is 1. The minimum atomic E-state index is 0.0261. The monoisotopic (exact) mass is 353 g/mol. The molecule has 6 nitrogen and oxygen atoms in total. The third-order valence-corrected chi connectivity index (χ3v) is 4.28. The van der Waals surface area contributed by atoms with Crippen molar-refractivity contribution in [3.05, 3.63) is 60.2 Å². The van der Waals surface area contributed by atoms with Crippen LogP contribution in [-0.4, -0.2) is 29.5 Å². The molecule has 6 heteroatoms. The molecular weight excluding hydrogens is 330 g/mol. The smallest absolute Gasteiger partial charge is 0.220 e. The van der Waals surface area contributed by atoms with Gasteiger partial charge in [-0.2, -0.15) is 0 Å². The second-order valence-corrected chi connectivity index (χ2v) is 5.99. The SMILES string of the molecule is COc1ccc(CCCC(=O)NCc2ncc3ccccn23)cc1OC. The first kappa shape index (κ1) is 17.8. The third-order valence-electron chi connectivity index (χ3n) is 4.28. The highest BCUT2D eigenvalue weighted by Gasteiger charge is 2.08. The molecule has 0 aliphatic rings. The Hall–Kier alpha value is -3.02. The molecule has 0 spiro atoms. The van der Waals surface area contributed by atoms with Crippen molar-refractivity contribution in [3.8, 4) is 11.5 Å². The molecule has 2 heterocycles. The fourth-order valence-corrected chi connectivity index (χ4v) is 2.89. The van der Waals surface area contributed by atoms with E-state index in [0.29, 0.717) is 24.5 Å². The van der Waals surface area contributed by atoms with E-state index in [1.807, 2.05) is 47.0 Å². The first-order chi connectivity index (χ1) is 12.7. The maximum atomic E-state index is 12.1. The van der Waals surface area contributed by atoms with E-state index >= 15 is 0 Å². The predicted molar refractivity (Wildman–Crippen MR) is 99.5 cm³/mol. The summed E-state index contributed by atoms with van der Waals surface area (Å²) in [6, 6.07) is 11.7. The van der Waals surface area contributed by atoms with Crippen molar-refractivity contribution >= 4 is 11.4 Å². The summed E-state index contributed by atoms with van der Waals surface area (Å²) in [5.74, 6) is 2.27. The highest BCUT2D eigenvalue weighted by Crippen LogP contribution is 2.28. The van der Waals surface area contributed by atoms with Gasteiger partial charge in [-0.05, 0) is 42.7 Å². The van der Waals surface area contributed by atoms with Gasteiger partial charge >= 0.3 is 0 Å². The van der Waals surface area contributed by atoms with E-state index < -0.39 is 0 Å². The van der Waals surface area contributed by atoms with Crippen LogP contribution in [0.4, 0.5) is 0 Å². The van der Waals surface area contributed by atoms with E-state index in [4.69, 9.17) is 9.47 Å². The molecule has 136 valence electrons. The fraction of sp³-hybridized carbons (Fsp3) is 0.300. The summed E-state index contributed by atoms with van der Waals surface area (Å²) in [4.78, 5) is 16.4. The lowest BCUT2D eigenvalue weighted by molar-refractivity contribution is -0.121. The fourth-order valence-electron chi connectivity index (χ4n) is 2.89. The van der Waals surface area contributed by atoms with Crippen molar-refractivity contribution in [2.45, 2.75) is 25.8 Å². The van der Waals surface area contributed by atoms with Gasteiger partial charge in [0.2, 0.25) is 5.91 Å². The number of imidazole rings is 1.